The molecule has 1 unspecified atom stereocenters. The van der Waals surface area contributed by atoms with Crippen LogP contribution in [0.15, 0.2) is 47.5 Å². The summed E-state index contributed by atoms with van der Waals surface area (Å²) in [6.45, 7) is 2.98. The van der Waals surface area contributed by atoms with Gasteiger partial charge in [0.05, 0.1) is 22.9 Å². The van der Waals surface area contributed by atoms with E-state index in [0.717, 1.165) is 48.3 Å². The van der Waals surface area contributed by atoms with E-state index in [4.69, 9.17) is 0 Å². The van der Waals surface area contributed by atoms with E-state index in [1.165, 1.54) is 17.8 Å². The van der Waals surface area contributed by atoms with Crippen LogP contribution in [0.1, 0.15) is 38.2 Å². The van der Waals surface area contributed by atoms with E-state index >= 15 is 0 Å². The van der Waals surface area contributed by atoms with Gasteiger partial charge in [0.25, 0.3) is 0 Å². The monoisotopic (exact) mass is 512 g/mol. The summed E-state index contributed by atoms with van der Waals surface area (Å²) in [6.07, 6.45) is 9.81. The van der Waals surface area contributed by atoms with Crippen molar-refractivity contribution < 1.29 is 18.0 Å². The molecule has 4 rings (SSSR count). The lowest BCUT2D eigenvalue weighted by Crippen LogP contribution is -2.31. The average Bonchev–Trinajstić information content (AvgIpc) is 3.46. The topological polar surface area (TPSA) is 108 Å². The van der Waals surface area contributed by atoms with Crippen LogP contribution in [-0.2, 0) is 26.3 Å². The van der Waals surface area contributed by atoms with Crippen molar-refractivity contribution in [1.82, 2.24) is 9.88 Å². The average molecular weight is 513 g/mol. The zero-order valence-corrected chi connectivity index (χ0v) is 21.3. The quantitative estimate of drug-likeness (QED) is 0.390. The molecule has 1 aromatic heterocycles. The third kappa shape index (κ3) is 5.88. The molecule has 2 heterocycles. The van der Waals surface area contributed by atoms with Crippen LogP contribution in [0.2, 0.25) is 0 Å². The maximum atomic E-state index is 13.0. The lowest BCUT2D eigenvalue weighted by atomic mass is 9.97. The Morgan fingerprint density at radius 1 is 1.29 bits per heavy atom. The van der Waals surface area contributed by atoms with Crippen molar-refractivity contribution in [2.75, 3.05) is 24.2 Å². The van der Waals surface area contributed by atoms with Crippen LogP contribution >= 0.6 is 11.3 Å². The van der Waals surface area contributed by atoms with Crippen LogP contribution < -0.4 is 10.6 Å². The van der Waals surface area contributed by atoms with Gasteiger partial charge in [0, 0.05) is 35.9 Å². The van der Waals surface area contributed by atoms with E-state index < -0.39 is 22.1 Å². The number of amides is 2. The Morgan fingerprint density at radius 3 is 2.89 bits per heavy atom. The summed E-state index contributed by atoms with van der Waals surface area (Å²) < 4.78 is 23.9. The molecule has 1 aliphatic heterocycles. The molecule has 2 aliphatic rings. The lowest BCUT2D eigenvalue weighted by Gasteiger charge is -2.24. The molecule has 0 spiro atoms. The summed E-state index contributed by atoms with van der Waals surface area (Å²) >= 11 is 1.26. The Balaban J connectivity index is 1.43. The molecule has 0 fully saturated rings. The number of carbonyl (C=O) groups is 2. The van der Waals surface area contributed by atoms with Gasteiger partial charge in [-0.3, -0.25) is 9.59 Å². The molecule has 8 nitrogen and oxygen atoms in total. The summed E-state index contributed by atoms with van der Waals surface area (Å²) in [5, 5.41) is 7.75. The minimum absolute atomic E-state index is 0.0352. The molecule has 0 bridgehead atoms. The van der Waals surface area contributed by atoms with Crippen molar-refractivity contribution in [2.45, 2.75) is 39.0 Å². The van der Waals surface area contributed by atoms with Crippen molar-refractivity contribution in [2.24, 2.45) is 5.92 Å². The molecule has 184 valence electrons. The molecule has 2 amide bonds. The highest BCUT2D eigenvalue weighted by Crippen LogP contribution is 2.31. The summed E-state index contributed by atoms with van der Waals surface area (Å²) in [4.78, 5) is 31.1. The number of allylic oxidation sites excluding steroid dienone is 2. The zero-order chi connectivity index (χ0) is 24.9. The van der Waals surface area contributed by atoms with E-state index in [2.05, 4.69) is 22.5 Å². The van der Waals surface area contributed by atoms with Crippen LogP contribution in [0.4, 0.5) is 10.8 Å². The fraction of sp³-hybridized carbons (Fsp3) is 0.360. The Morgan fingerprint density at radius 2 is 2.11 bits per heavy atom. The van der Waals surface area contributed by atoms with Crippen molar-refractivity contribution >= 4 is 49.1 Å². The van der Waals surface area contributed by atoms with Crippen molar-refractivity contribution in [3.8, 4) is 11.3 Å². The van der Waals surface area contributed by atoms with E-state index in [0.29, 0.717) is 17.2 Å². The Labute approximate surface area is 210 Å². The Bertz CT molecular complexity index is 1330. The van der Waals surface area contributed by atoms with Gasteiger partial charge in [-0.15, -0.1) is 11.3 Å². The van der Waals surface area contributed by atoms with Crippen molar-refractivity contribution in [1.29, 1.82) is 0 Å². The molecular weight excluding hydrogens is 484 g/mol. The van der Waals surface area contributed by atoms with Crippen LogP contribution in [0.25, 0.3) is 11.3 Å². The second-order valence-electron chi connectivity index (χ2n) is 8.65. The SMILES string of the molecule is CCCCCCN(C)C1=CC(=S(=O)=O)C(C(=O)Nc2nc(-c3ccc4c(c3)CC(=O)N4)cs2)C=C1. The summed E-state index contributed by atoms with van der Waals surface area (Å²) in [6, 6.07) is 5.62. The fourth-order valence-corrected chi connectivity index (χ4v) is 5.45. The molecule has 35 heavy (non-hydrogen) atoms. The Kier molecular flexibility index (Phi) is 7.82. The normalized spacial score (nSPS) is 16.5. The maximum absolute atomic E-state index is 13.0. The minimum Gasteiger partial charge on any atom is -0.375 e. The van der Waals surface area contributed by atoms with Crippen molar-refractivity contribution in [3.63, 3.8) is 0 Å². The third-order valence-electron chi connectivity index (χ3n) is 6.08. The number of unbranched alkanes of at least 4 members (excludes halogenated alkanes) is 3. The molecule has 2 aromatic rings. The van der Waals surface area contributed by atoms with Gasteiger partial charge in [0.2, 0.25) is 22.1 Å². The number of nitrogens with one attached hydrogen (secondary N) is 2. The van der Waals surface area contributed by atoms with Crippen LogP contribution in [0.5, 0.6) is 0 Å². The van der Waals surface area contributed by atoms with Gasteiger partial charge in [-0.2, -0.15) is 8.42 Å². The zero-order valence-electron chi connectivity index (χ0n) is 19.7. The van der Waals surface area contributed by atoms with E-state index in [-0.39, 0.29) is 10.8 Å². The van der Waals surface area contributed by atoms with E-state index in [9.17, 15) is 18.0 Å². The molecule has 1 aliphatic carbocycles. The Hall–Kier alpha value is -3.24. The van der Waals surface area contributed by atoms with Gasteiger partial charge in [-0.1, -0.05) is 38.3 Å². The second-order valence-corrected chi connectivity index (χ2v) is 10.4. The number of carbonyl (C=O) groups excluding carboxylic acids is 2. The number of hydrogen-bond acceptors (Lipinski definition) is 7. The first-order valence-corrected chi connectivity index (χ1v) is 13.6. The molecule has 0 saturated carbocycles. The molecule has 1 atom stereocenters. The van der Waals surface area contributed by atoms with Gasteiger partial charge in [0.15, 0.2) is 5.13 Å². The van der Waals surface area contributed by atoms with Crippen LogP contribution in [-0.4, -0.2) is 48.6 Å². The number of anilines is 2. The smallest absolute Gasteiger partial charge is 0.238 e. The number of aromatic nitrogens is 1. The minimum atomic E-state index is -2.53. The summed E-state index contributed by atoms with van der Waals surface area (Å²) in [5.74, 6) is -1.41. The molecule has 10 heteroatoms. The molecule has 2 N–H and O–H groups in total. The number of fused-ring (bicyclic) bond motifs is 1. The highest BCUT2D eigenvalue weighted by atomic mass is 32.2. The molecule has 1 aromatic carbocycles. The largest absolute Gasteiger partial charge is 0.375 e. The van der Waals surface area contributed by atoms with E-state index in [1.54, 1.807) is 18.2 Å². The third-order valence-corrected chi connectivity index (χ3v) is 7.59. The van der Waals surface area contributed by atoms with Gasteiger partial charge in [-0.05, 0) is 36.3 Å². The summed E-state index contributed by atoms with van der Waals surface area (Å²) in [7, 11) is -0.607. The highest BCUT2D eigenvalue weighted by Gasteiger charge is 2.27. The van der Waals surface area contributed by atoms with Crippen molar-refractivity contribution in [3.05, 3.63) is 53.1 Å². The fourth-order valence-electron chi connectivity index (χ4n) is 4.12. The van der Waals surface area contributed by atoms with Gasteiger partial charge in [0.1, 0.15) is 0 Å². The van der Waals surface area contributed by atoms with Gasteiger partial charge in [-0.25, -0.2) is 4.98 Å². The number of rotatable bonds is 9. The standard InChI is InChI=1S/C25H28N4O4S2/c1-3-4-5-6-11-29(2)18-8-9-19(22(14-18)35(32)33)24(31)28-25-27-21(15-34-25)16-7-10-20-17(12-16)13-23(30)26-20/h7-10,12,14-15,19H,3-6,11,13H2,1-2H3,(H,26,30)(H,27,28,31). The molecular formula is C25H28N4O4S2. The van der Waals surface area contributed by atoms with Crippen LogP contribution in [0, 0.1) is 5.92 Å². The first kappa shape index (κ1) is 24.9. The molecule has 0 saturated heterocycles. The maximum Gasteiger partial charge on any atom is 0.238 e. The van der Waals surface area contributed by atoms with Gasteiger partial charge < -0.3 is 15.5 Å². The summed E-state index contributed by atoms with van der Waals surface area (Å²) in [5.41, 5.74) is 4.01. The number of benzene rings is 1. The van der Waals surface area contributed by atoms with Crippen LogP contribution in [0.3, 0.4) is 0 Å². The first-order valence-electron chi connectivity index (χ1n) is 11.6. The highest BCUT2D eigenvalue weighted by molar-refractivity contribution is 7.73. The number of nitrogens with zero attached hydrogens (tertiary/aromatic N) is 2. The number of hydrogen-bond donors (Lipinski definition) is 2. The number of likely N-dealkylation sites (N-methyl/N-ethyl adjacent to an activating group) is 1. The van der Waals surface area contributed by atoms with E-state index in [1.807, 2.05) is 35.5 Å². The first-order chi connectivity index (χ1) is 16.9. The van der Waals surface area contributed by atoms with Gasteiger partial charge >= 0.3 is 0 Å². The predicted molar refractivity (Wildman–Crippen MR) is 140 cm³/mol. The lowest BCUT2D eigenvalue weighted by molar-refractivity contribution is -0.117. The predicted octanol–water partition coefficient (Wildman–Crippen LogP) is 3.88. The second kappa shape index (κ2) is 11.0. The molecule has 0 radical (unpaired) electrons. The number of thiazole rings is 1.